The summed E-state index contributed by atoms with van der Waals surface area (Å²) in [6, 6.07) is 6.84. The van der Waals surface area contributed by atoms with Crippen molar-refractivity contribution in [2.24, 2.45) is 11.7 Å². The maximum atomic E-state index is 6.34. The third-order valence-electron chi connectivity index (χ3n) is 4.11. The molecule has 1 aromatic carbocycles. The molecular weight excluding hydrogens is 232 g/mol. The number of hydrogen-bond donors (Lipinski definition) is 1. The van der Waals surface area contributed by atoms with E-state index in [4.69, 9.17) is 17.3 Å². The molecule has 2 N–H and O–H groups in total. The summed E-state index contributed by atoms with van der Waals surface area (Å²) in [5.41, 5.74) is 8.55. The zero-order valence-corrected chi connectivity index (χ0v) is 11.5. The van der Waals surface area contributed by atoms with Gasteiger partial charge in [-0.15, -0.1) is 0 Å². The number of nitrogens with two attached hydrogens (primary N) is 1. The lowest BCUT2D eigenvalue weighted by atomic mass is 9.87. The van der Waals surface area contributed by atoms with E-state index in [0.717, 1.165) is 18.0 Å². The van der Waals surface area contributed by atoms with Crippen molar-refractivity contribution in [3.05, 3.63) is 28.8 Å². The average molecular weight is 253 g/mol. The molecule has 2 rings (SSSR count). The normalized spacial score (nSPS) is 29.5. The summed E-state index contributed by atoms with van der Waals surface area (Å²) in [7, 11) is 0. The van der Waals surface area contributed by atoms with Crippen LogP contribution in [0.25, 0.3) is 0 Å². The van der Waals surface area contributed by atoms with Gasteiger partial charge in [-0.25, -0.2) is 0 Å². The number of piperidine rings is 1. The molecule has 3 unspecified atom stereocenters. The van der Waals surface area contributed by atoms with Crippen molar-refractivity contribution in [1.82, 2.24) is 0 Å². The summed E-state index contributed by atoms with van der Waals surface area (Å²) in [6.07, 6.45) is 1.04. The second-order valence-corrected chi connectivity index (χ2v) is 5.56. The first-order valence-corrected chi connectivity index (χ1v) is 6.67. The molecule has 0 radical (unpaired) electrons. The first-order chi connectivity index (χ1) is 8.02. The second kappa shape index (κ2) is 4.87. The third kappa shape index (κ3) is 2.29. The van der Waals surface area contributed by atoms with Gasteiger partial charge in [-0.05, 0) is 37.8 Å². The Morgan fingerprint density at radius 2 is 2.06 bits per heavy atom. The highest BCUT2D eigenvalue weighted by atomic mass is 35.5. The maximum absolute atomic E-state index is 6.34. The molecule has 1 aliphatic heterocycles. The molecule has 0 saturated carbocycles. The van der Waals surface area contributed by atoms with Crippen LogP contribution in [0.1, 0.15) is 25.8 Å². The average Bonchev–Trinajstić information content (AvgIpc) is 2.29. The number of anilines is 1. The fraction of sp³-hybridized carbons (Fsp3) is 0.571. The van der Waals surface area contributed by atoms with Crippen molar-refractivity contribution in [3.63, 3.8) is 0 Å². The molecule has 0 aromatic heterocycles. The van der Waals surface area contributed by atoms with E-state index < -0.39 is 0 Å². The lowest BCUT2D eigenvalue weighted by Crippen LogP contribution is -2.52. The van der Waals surface area contributed by atoms with Crippen LogP contribution in [-0.4, -0.2) is 18.6 Å². The smallest absolute Gasteiger partial charge is 0.0642 e. The maximum Gasteiger partial charge on any atom is 0.0642 e. The standard InChI is InChI=1S/C14H21ClN2/c1-9-5-4-6-12(15)14(9)17-8-7-13(16)10(2)11(17)3/h4-6,10-11,13H,7-8,16H2,1-3H3. The molecule has 1 fully saturated rings. The van der Waals surface area contributed by atoms with Crippen LogP contribution in [0.3, 0.4) is 0 Å². The topological polar surface area (TPSA) is 29.3 Å². The summed E-state index contributed by atoms with van der Waals surface area (Å²) in [4.78, 5) is 2.41. The van der Waals surface area contributed by atoms with Gasteiger partial charge in [-0.2, -0.15) is 0 Å². The van der Waals surface area contributed by atoms with Crippen molar-refractivity contribution in [1.29, 1.82) is 0 Å². The van der Waals surface area contributed by atoms with E-state index in [1.165, 1.54) is 11.3 Å². The highest BCUT2D eigenvalue weighted by Crippen LogP contribution is 2.35. The number of para-hydroxylation sites is 1. The summed E-state index contributed by atoms with van der Waals surface area (Å²) in [6.45, 7) is 7.59. The lowest BCUT2D eigenvalue weighted by molar-refractivity contribution is 0.315. The van der Waals surface area contributed by atoms with Crippen molar-refractivity contribution in [2.75, 3.05) is 11.4 Å². The molecule has 1 heterocycles. The van der Waals surface area contributed by atoms with E-state index in [1.807, 2.05) is 12.1 Å². The molecule has 0 bridgehead atoms. The molecule has 1 saturated heterocycles. The van der Waals surface area contributed by atoms with Crippen molar-refractivity contribution >= 4 is 17.3 Å². The van der Waals surface area contributed by atoms with Crippen molar-refractivity contribution in [2.45, 2.75) is 39.3 Å². The Bertz CT molecular complexity index is 385. The monoisotopic (exact) mass is 252 g/mol. The van der Waals surface area contributed by atoms with Crippen molar-refractivity contribution in [3.8, 4) is 0 Å². The molecule has 0 aliphatic carbocycles. The van der Waals surface area contributed by atoms with Gasteiger partial charge in [-0.1, -0.05) is 30.7 Å². The fourth-order valence-electron chi connectivity index (χ4n) is 2.70. The van der Waals surface area contributed by atoms with Gasteiger partial charge in [0.1, 0.15) is 0 Å². The van der Waals surface area contributed by atoms with Gasteiger partial charge in [0, 0.05) is 18.6 Å². The SMILES string of the molecule is Cc1cccc(Cl)c1N1CCC(N)C(C)C1C. The molecule has 3 atom stereocenters. The first kappa shape index (κ1) is 12.7. The highest BCUT2D eigenvalue weighted by Gasteiger charge is 2.31. The second-order valence-electron chi connectivity index (χ2n) is 5.15. The summed E-state index contributed by atoms with van der Waals surface area (Å²) in [5, 5.41) is 0.847. The minimum atomic E-state index is 0.309. The predicted molar refractivity (Wildman–Crippen MR) is 74.8 cm³/mol. The Labute approximate surface area is 109 Å². The molecule has 3 heteroatoms. The number of nitrogens with zero attached hydrogens (tertiary/aromatic N) is 1. The van der Waals surface area contributed by atoms with Gasteiger partial charge in [0.05, 0.1) is 10.7 Å². The van der Waals surface area contributed by atoms with Crippen LogP contribution in [0.4, 0.5) is 5.69 Å². The summed E-state index contributed by atoms with van der Waals surface area (Å²) >= 11 is 6.34. The Balaban J connectivity index is 2.34. The Hall–Kier alpha value is -0.730. The number of hydrogen-bond acceptors (Lipinski definition) is 2. The van der Waals surface area contributed by atoms with Gasteiger partial charge in [0.25, 0.3) is 0 Å². The predicted octanol–water partition coefficient (Wildman–Crippen LogP) is 3.21. The van der Waals surface area contributed by atoms with E-state index in [0.29, 0.717) is 18.0 Å². The minimum Gasteiger partial charge on any atom is -0.367 e. The highest BCUT2D eigenvalue weighted by molar-refractivity contribution is 6.33. The van der Waals surface area contributed by atoms with E-state index >= 15 is 0 Å². The molecule has 1 aliphatic rings. The molecule has 1 aromatic rings. The Kier molecular flexibility index (Phi) is 3.64. The number of rotatable bonds is 1. The zero-order valence-electron chi connectivity index (χ0n) is 10.8. The molecule has 0 amide bonds. The lowest BCUT2D eigenvalue weighted by Gasteiger charge is -2.43. The minimum absolute atomic E-state index is 0.309. The van der Waals surface area contributed by atoms with Crippen LogP contribution in [0.15, 0.2) is 18.2 Å². The van der Waals surface area contributed by atoms with Crippen LogP contribution < -0.4 is 10.6 Å². The van der Waals surface area contributed by atoms with E-state index in [-0.39, 0.29) is 0 Å². The van der Waals surface area contributed by atoms with Crippen LogP contribution in [0.5, 0.6) is 0 Å². The third-order valence-corrected chi connectivity index (χ3v) is 4.41. The van der Waals surface area contributed by atoms with Gasteiger partial charge >= 0.3 is 0 Å². The fourth-order valence-corrected chi connectivity index (χ4v) is 3.03. The van der Waals surface area contributed by atoms with E-state index in [9.17, 15) is 0 Å². The van der Waals surface area contributed by atoms with Crippen LogP contribution >= 0.6 is 11.6 Å². The van der Waals surface area contributed by atoms with Gasteiger partial charge in [0.2, 0.25) is 0 Å². The molecular formula is C14H21ClN2. The zero-order chi connectivity index (χ0) is 12.6. The summed E-state index contributed by atoms with van der Waals surface area (Å²) in [5.74, 6) is 0.499. The quantitative estimate of drug-likeness (QED) is 0.832. The Morgan fingerprint density at radius 3 is 2.71 bits per heavy atom. The number of benzene rings is 1. The van der Waals surface area contributed by atoms with Gasteiger partial charge < -0.3 is 10.6 Å². The van der Waals surface area contributed by atoms with E-state index in [2.05, 4.69) is 31.7 Å². The molecule has 94 valence electrons. The first-order valence-electron chi connectivity index (χ1n) is 6.29. The largest absolute Gasteiger partial charge is 0.367 e. The van der Waals surface area contributed by atoms with Crippen molar-refractivity contribution < 1.29 is 0 Å². The Morgan fingerprint density at radius 1 is 1.35 bits per heavy atom. The summed E-state index contributed by atoms with van der Waals surface area (Å²) < 4.78 is 0. The van der Waals surface area contributed by atoms with E-state index in [1.54, 1.807) is 0 Å². The molecule has 0 spiro atoms. The molecule has 2 nitrogen and oxygen atoms in total. The number of aryl methyl sites for hydroxylation is 1. The van der Waals surface area contributed by atoms with Crippen LogP contribution in [0, 0.1) is 12.8 Å². The van der Waals surface area contributed by atoms with Crippen LogP contribution in [0.2, 0.25) is 5.02 Å². The van der Waals surface area contributed by atoms with Crippen LogP contribution in [-0.2, 0) is 0 Å². The molecule has 17 heavy (non-hydrogen) atoms. The van der Waals surface area contributed by atoms with Gasteiger partial charge in [-0.3, -0.25) is 0 Å². The number of halogens is 1. The van der Waals surface area contributed by atoms with Gasteiger partial charge in [0.15, 0.2) is 0 Å².